The molecule has 1 aromatic rings. The van der Waals surface area contributed by atoms with E-state index in [0.717, 1.165) is 6.54 Å². The highest BCUT2D eigenvalue weighted by Crippen LogP contribution is 2.18. The second-order valence-electron chi connectivity index (χ2n) is 5.52. The van der Waals surface area contributed by atoms with Crippen LogP contribution < -0.4 is 16.6 Å². The van der Waals surface area contributed by atoms with Gasteiger partial charge in [0.25, 0.3) is 5.91 Å². The number of pyridine rings is 1. The van der Waals surface area contributed by atoms with Crippen LogP contribution in [0, 0.1) is 5.92 Å². The molecule has 0 aliphatic carbocycles. The molecule has 7 heteroatoms. The summed E-state index contributed by atoms with van der Waals surface area (Å²) in [5, 5.41) is 3.25. The van der Waals surface area contributed by atoms with Gasteiger partial charge in [-0.25, -0.2) is 10.8 Å². The van der Waals surface area contributed by atoms with Gasteiger partial charge in [0, 0.05) is 19.3 Å². The smallest absolute Gasteiger partial charge is 0.252 e. The highest BCUT2D eigenvalue weighted by Gasteiger charge is 2.16. The van der Waals surface area contributed by atoms with Crippen molar-refractivity contribution in [1.29, 1.82) is 0 Å². The first-order valence-corrected chi connectivity index (χ1v) is 7.60. The molecule has 1 aliphatic heterocycles. The Morgan fingerprint density at radius 3 is 2.86 bits per heavy atom. The van der Waals surface area contributed by atoms with Crippen LogP contribution in [0.3, 0.4) is 0 Å². The fourth-order valence-corrected chi connectivity index (χ4v) is 2.73. The molecule has 4 N–H and O–H groups in total. The third-order valence-electron chi connectivity index (χ3n) is 3.62. The normalized spacial score (nSPS) is 16.7. The van der Waals surface area contributed by atoms with Gasteiger partial charge >= 0.3 is 0 Å². The quantitative estimate of drug-likeness (QED) is 0.547. The van der Waals surface area contributed by atoms with Crippen LogP contribution >= 0.6 is 11.6 Å². The van der Waals surface area contributed by atoms with Gasteiger partial charge in [0.1, 0.15) is 0 Å². The second-order valence-corrected chi connectivity index (χ2v) is 5.93. The van der Waals surface area contributed by atoms with E-state index in [9.17, 15) is 4.79 Å². The standard InChI is InChI=1S/C14H22ClN5O/c1-10(9-20-4-2-3-5-20)7-18-14(21)11-6-12(15)13(19-16)17-8-11/h6,8,10H,2-5,7,9,16H2,1H3,(H,17,19)(H,18,21). The summed E-state index contributed by atoms with van der Waals surface area (Å²) in [7, 11) is 0. The minimum atomic E-state index is -0.166. The topological polar surface area (TPSA) is 83.3 Å². The summed E-state index contributed by atoms with van der Waals surface area (Å²) in [5.41, 5.74) is 2.81. The van der Waals surface area contributed by atoms with Crippen LogP contribution in [-0.4, -0.2) is 42.0 Å². The summed E-state index contributed by atoms with van der Waals surface area (Å²) in [5.74, 6) is 5.86. The molecule has 1 atom stereocenters. The molecule has 0 bridgehead atoms. The predicted octanol–water partition coefficient (Wildman–Crippen LogP) is 1.48. The Bertz CT molecular complexity index is 490. The van der Waals surface area contributed by atoms with Gasteiger partial charge in [-0.2, -0.15) is 0 Å². The van der Waals surface area contributed by atoms with Gasteiger partial charge in [0.05, 0.1) is 10.6 Å². The van der Waals surface area contributed by atoms with Gasteiger partial charge in [-0.05, 0) is 37.9 Å². The third-order valence-corrected chi connectivity index (χ3v) is 3.91. The highest BCUT2D eigenvalue weighted by atomic mass is 35.5. The summed E-state index contributed by atoms with van der Waals surface area (Å²) >= 11 is 5.96. The van der Waals surface area contributed by atoms with E-state index in [4.69, 9.17) is 17.4 Å². The molecule has 0 radical (unpaired) electrons. The maximum atomic E-state index is 12.1. The van der Waals surface area contributed by atoms with Gasteiger partial charge in [-0.1, -0.05) is 18.5 Å². The average Bonchev–Trinajstić information content (AvgIpc) is 2.97. The summed E-state index contributed by atoms with van der Waals surface area (Å²) in [4.78, 5) is 18.5. The minimum absolute atomic E-state index is 0.166. The van der Waals surface area contributed by atoms with Gasteiger partial charge in [-0.15, -0.1) is 0 Å². The lowest BCUT2D eigenvalue weighted by Crippen LogP contribution is -2.34. The highest BCUT2D eigenvalue weighted by molar-refractivity contribution is 6.33. The number of hydrogen-bond acceptors (Lipinski definition) is 5. The lowest BCUT2D eigenvalue weighted by atomic mass is 10.1. The average molecular weight is 312 g/mol. The molecule has 0 spiro atoms. The Balaban J connectivity index is 1.82. The lowest BCUT2D eigenvalue weighted by Gasteiger charge is -2.20. The van der Waals surface area contributed by atoms with E-state index in [0.29, 0.717) is 28.9 Å². The van der Waals surface area contributed by atoms with Crippen molar-refractivity contribution in [2.75, 3.05) is 31.6 Å². The Labute approximate surface area is 130 Å². The molecule has 0 aromatic carbocycles. The van der Waals surface area contributed by atoms with E-state index in [2.05, 4.69) is 27.6 Å². The Hall–Kier alpha value is -1.37. The SMILES string of the molecule is CC(CNC(=O)c1cnc(NN)c(Cl)c1)CN1CCCC1. The summed E-state index contributed by atoms with van der Waals surface area (Å²) in [6.45, 7) is 6.15. The number of anilines is 1. The molecular weight excluding hydrogens is 290 g/mol. The van der Waals surface area contributed by atoms with Crippen molar-refractivity contribution in [3.05, 3.63) is 22.8 Å². The number of carbonyl (C=O) groups excluding carboxylic acids is 1. The van der Waals surface area contributed by atoms with Crippen LogP contribution in [0.15, 0.2) is 12.3 Å². The fourth-order valence-electron chi connectivity index (χ4n) is 2.51. The van der Waals surface area contributed by atoms with Crippen molar-refractivity contribution in [2.45, 2.75) is 19.8 Å². The van der Waals surface area contributed by atoms with Crippen molar-refractivity contribution in [3.63, 3.8) is 0 Å². The number of likely N-dealkylation sites (tertiary alicyclic amines) is 1. The van der Waals surface area contributed by atoms with E-state index in [1.54, 1.807) is 6.07 Å². The number of carbonyl (C=O) groups is 1. The van der Waals surface area contributed by atoms with E-state index >= 15 is 0 Å². The van der Waals surface area contributed by atoms with Crippen LogP contribution in [0.25, 0.3) is 0 Å². The van der Waals surface area contributed by atoms with Crippen LogP contribution in [0.1, 0.15) is 30.1 Å². The first-order valence-electron chi connectivity index (χ1n) is 7.23. The number of nitrogens with two attached hydrogens (primary N) is 1. The number of amides is 1. The van der Waals surface area contributed by atoms with Gasteiger partial charge in [0.2, 0.25) is 0 Å². The first kappa shape index (κ1) is 16.0. The first-order chi connectivity index (χ1) is 10.1. The molecule has 6 nitrogen and oxygen atoms in total. The maximum Gasteiger partial charge on any atom is 0.252 e. The molecule has 21 heavy (non-hydrogen) atoms. The summed E-state index contributed by atoms with van der Waals surface area (Å²) in [6.07, 6.45) is 4.02. The number of hydrogen-bond donors (Lipinski definition) is 3. The van der Waals surface area contributed by atoms with Crippen molar-refractivity contribution < 1.29 is 4.79 Å². The molecule has 1 fully saturated rings. The number of nitrogens with zero attached hydrogens (tertiary/aromatic N) is 2. The number of nitrogen functional groups attached to an aromatic ring is 1. The van der Waals surface area contributed by atoms with Crippen LogP contribution in [-0.2, 0) is 0 Å². The molecule has 1 saturated heterocycles. The molecule has 1 amide bonds. The molecule has 116 valence electrons. The molecule has 1 aromatic heterocycles. The zero-order valence-electron chi connectivity index (χ0n) is 12.2. The van der Waals surface area contributed by atoms with Crippen molar-refractivity contribution >= 4 is 23.3 Å². The second kappa shape index (κ2) is 7.59. The Morgan fingerprint density at radius 2 is 2.24 bits per heavy atom. The Kier molecular flexibility index (Phi) is 5.78. The largest absolute Gasteiger partial charge is 0.352 e. The number of aromatic nitrogens is 1. The molecule has 2 rings (SSSR count). The van der Waals surface area contributed by atoms with Crippen molar-refractivity contribution in [3.8, 4) is 0 Å². The zero-order valence-corrected chi connectivity index (χ0v) is 13.0. The van der Waals surface area contributed by atoms with Gasteiger partial charge in [-0.3, -0.25) is 4.79 Å². The van der Waals surface area contributed by atoms with Crippen molar-refractivity contribution in [1.82, 2.24) is 15.2 Å². The Morgan fingerprint density at radius 1 is 1.52 bits per heavy atom. The maximum absolute atomic E-state index is 12.1. The lowest BCUT2D eigenvalue weighted by molar-refractivity contribution is 0.0945. The van der Waals surface area contributed by atoms with Gasteiger partial charge < -0.3 is 15.6 Å². The molecular formula is C14H22ClN5O. The zero-order chi connectivity index (χ0) is 15.2. The van der Waals surface area contributed by atoms with Crippen LogP contribution in [0.2, 0.25) is 5.02 Å². The van der Waals surface area contributed by atoms with Gasteiger partial charge in [0.15, 0.2) is 5.82 Å². The minimum Gasteiger partial charge on any atom is -0.352 e. The number of nitrogens with one attached hydrogen (secondary N) is 2. The van der Waals surface area contributed by atoms with E-state index < -0.39 is 0 Å². The number of halogens is 1. The van der Waals surface area contributed by atoms with E-state index in [1.165, 1.54) is 32.1 Å². The third kappa shape index (κ3) is 4.56. The van der Waals surface area contributed by atoms with Crippen LogP contribution in [0.5, 0.6) is 0 Å². The summed E-state index contributed by atoms with van der Waals surface area (Å²) < 4.78 is 0. The molecule has 1 unspecified atom stereocenters. The van der Waals surface area contributed by atoms with Crippen LogP contribution in [0.4, 0.5) is 5.82 Å². The number of rotatable bonds is 6. The van der Waals surface area contributed by atoms with Crippen molar-refractivity contribution in [2.24, 2.45) is 11.8 Å². The predicted molar refractivity (Wildman–Crippen MR) is 84.2 cm³/mol. The molecule has 2 heterocycles. The molecule has 1 aliphatic rings. The fraction of sp³-hybridized carbons (Fsp3) is 0.571. The molecule has 0 saturated carbocycles. The number of hydrazine groups is 1. The monoisotopic (exact) mass is 311 g/mol. The van der Waals surface area contributed by atoms with E-state index in [-0.39, 0.29) is 5.91 Å². The van der Waals surface area contributed by atoms with E-state index in [1.807, 2.05) is 0 Å². The summed E-state index contributed by atoms with van der Waals surface area (Å²) in [6, 6.07) is 1.56.